The molecule has 1 atom stereocenters. The Morgan fingerprint density at radius 2 is 1.85 bits per heavy atom. The first-order chi connectivity index (χ1) is 9.45. The van der Waals surface area contributed by atoms with Crippen LogP contribution < -0.4 is 10.5 Å². The lowest BCUT2D eigenvalue weighted by Crippen LogP contribution is -2.17. The van der Waals surface area contributed by atoms with Gasteiger partial charge in [0.2, 0.25) is 0 Å². The fourth-order valence-corrected chi connectivity index (χ4v) is 2.28. The first kappa shape index (κ1) is 15.2. The summed E-state index contributed by atoms with van der Waals surface area (Å²) < 4.78 is 5.83. The zero-order valence-corrected chi connectivity index (χ0v) is 13.0. The van der Waals surface area contributed by atoms with Crippen molar-refractivity contribution in [2.24, 2.45) is 5.73 Å². The van der Waals surface area contributed by atoms with Gasteiger partial charge < -0.3 is 10.5 Å². The van der Waals surface area contributed by atoms with Gasteiger partial charge in [-0.05, 0) is 49.6 Å². The maximum Gasteiger partial charge on any atom is 0.130 e. The number of nitrogens with two attached hydrogens (primary N) is 1. The molecule has 0 saturated heterocycles. The Kier molecular flexibility index (Phi) is 4.92. The zero-order chi connectivity index (χ0) is 14.7. The summed E-state index contributed by atoms with van der Waals surface area (Å²) in [4.78, 5) is 0. The average molecular weight is 310 g/mol. The van der Waals surface area contributed by atoms with E-state index in [1.807, 2.05) is 26.0 Å². The molecule has 0 bridgehead atoms. The Labute approximate surface area is 129 Å². The predicted octanol–water partition coefficient (Wildman–Crippen LogP) is 4.98. The minimum atomic E-state index is 0.149. The fourth-order valence-electron chi connectivity index (χ4n) is 1.99. The lowest BCUT2D eigenvalue weighted by molar-refractivity contribution is 0.478. The van der Waals surface area contributed by atoms with Gasteiger partial charge in [-0.1, -0.05) is 35.3 Å². The van der Waals surface area contributed by atoms with Gasteiger partial charge in [0.25, 0.3) is 0 Å². The molecular formula is C16H17Cl2NO. The van der Waals surface area contributed by atoms with Gasteiger partial charge in [-0.2, -0.15) is 0 Å². The zero-order valence-electron chi connectivity index (χ0n) is 11.5. The molecule has 0 aromatic heterocycles. The van der Waals surface area contributed by atoms with E-state index in [0.717, 1.165) is 17.7 Å². The second-order valence-corrected chi connectivity index (χ2v) is 5.77. The lowest BCUT2D eigenvalue weighted by atomic mass is 10.0. The van der Waals surface area contributed by atoms with Crippen molar-refractivity contribution in [1.82, 2.24) is 0 Å². The minimum absolute atomic E-state index is 0.149. The fraction of sp³-hybridized carbons (Fsp3) is 0.250. The Bertz CT molecular complexity index is 611. The van der Waals surface area contributed by atoms with E-state index in [-0.39, 0.29) is 6.04 Å². The molecule has 2 N–H and O–H groups in total. The van der Waals surface area contributed by atoms with Crippen LogP contribution in [0.3, 0.4) is 0 Å². The summed E-state index contributed by atoms with van der Waals surface area (Å²) in [5.41, 5.74) is 8.08. The van der Waals surface area contributed by atoms with E-state index < -0.39 is 0 Å². The number of hydrogen-bond acceptors (Lipinski definition) is 2. The number of hydrogen-bond donors (Lipinski definition) is 1. The van der Waals surface area contributed by atoms with Gasteiger partial charge >= 0.3 is 0 Å². The largest absolute Gasteiger partial charge is 0.457 e. The van der Waals surface area contributed by atoms with Crippen molar-refractivity contribution in [2.75, 3.05) is 0 Å². The first-order valence-electron chi connectivity index (χ1n) is 6.43. The van der Waals surface area contributed by atoms with Crippen LogP contribution in [-0.2, 0) is 6.42 Å². The van der Waals surface area contributed by atoms with Crippen molar-refractivity contribution in [3.05, 3.63) is 57.6 Å². The van der Waals surface area contributed by atoms with Crippen molar-refractivity contribution in [3.8, 4) is 11.5 Å². The van der Waals surface area contributed by atoms with Crippen LogP contribution in [0.15, 0.2) is 36.4 Å². The smallest absolute Gasteiger partial charge is 0.130 e. The molecular weight excluding hydrogens is 293 g/mol. The van der Waals surface area contributed by atoms with Gasteiger partial charge in [0.15, 0.2) is 0 Å². The molecule has 2 nitrogen and oxygen atoms in total. The van der Waals surface area contributed by atoms with Crippen LogP contribution >= 0.6 is 23.2 Å². The molecule has 20 heavy (non-hydrogen) atoms. The molecule has 2 aromatic carbocycles. The highest BCUT2D eigenvalue weighted by Gasteiger charge is 2.06. The van der Waals surface area contributed by atoms with Gasteiger partial charge in [0.05, 0.1) is 10.0 Å². The van der Waals surface area contributed by atoms with Crippen LogP contribution in [0.2, 0.25) is 10.0 Å². The third-order valence-electron chi connectivity index (χ3n) is 2.92. The van der Waals surface area contributed by atoms with E-state index in [0.29, 0.717) is 15.8 Å². The topological polar surface area (TPSA) is 35.2 Å². The third kappa shape index (κ3) is 3.89. The molecule has 0 saturated carbocycles. The van der Waals surface area contributed by atoms with Crippen molar-refractivity contribution in [2.45, 2.75) is 26.3 Å². The second-order valence-electron chi connectivity index (χ2n) is 4.96. The molecule has 2 aromatic rings. The van der Waals surface area contributed by atoms with Gasteiger partial charge in [-0.3, -0.25) is 0 Å². The van der Waals surface area contributed by atoms with Gasteiger partial charge in [0, 0.05) is 12.1 Å². The highest BCUT2D eigenvalue weighted by molar-refractivity contribution is 6.42. The molecule has 0 spiro atoms. The highest BCUT2D eigenvalue weighted by atomic mass is 35.5. The second kappa shape index (κ2) is 6.49. The summed E-state index contributed by atoms with van der Waals surface area (Å²) >= 11 is 11.9. The van der Waals surface area contributed by atoms with Crippen LogP contribution in [0.25, 0.3) is 0 Å². The van der Waals surface area contributed by atoms with E-state index in [4.69, 9.17) is 33.7 Å². The van der Waals surface area contributed by atoms with Crippen LogP contribution in [0.5, 0.6) is 11.5 Å². The molecule has 0 fully saturated rings. The maximum atomic E-state index is 5.98. The van der Waals surface area contributed by atoms with E-state index in [1.165, 1.54) is 5.56 Å². The summed E-state index contributed by atoms with van der Waals surface area (Å²) in [6, 6.07) is 11.5. The lowest BCUT2D eigenvalue weighted by Gasteiger charge is -2.12. The Balaban J connectivity index is 2.19. The first-order valence-corrected chi connectivity index (χ1v) is 7.19. The van der Waals surface area contributed by atoms with Gasteiger partial charge in [-0.25, -0.2) is 0 Å². The van der Waals surface area contributed by atoms with Crippen molar-refractivity contribution in [3.63, 3.8) is 0 Å². The van der Waals surface area contributed by atoms with Gasteiger partial charge in [0.1, 0.15) is 11.5 Å². The highest BCUT2D eigenvalue weighted by Crippen LogP contribution is 2.31. The molecule has 106 valence electrons. The molecule has 2 rings (SSSR count). The van der Waals surface area contributed by atoms with Crippen molar-refractivity contribution in [1.29, 1.82) is 0 Å². The van der Waals surface area contributed by atoms with Crippen molar-refractivity contribution < 1.29 is 4.74 Å². The Morgan fingerprint density at radius 1 is 1.10 bits per heavy atom. The normalized spacial score (nSPS) is 12.2. The van der Waals surface area contributed by atoms with E-state index >= 15 is 0 Å². The Hall–Kier alpha value is -1.22. The van der Waals surface area contributed by atoms with Crippen molar-refractivity contribution >= 4 is 23.2 Å². The van der Waals surface area contributed by atoms with Gasteiger partial charge in [-0.15, -0.1) is 0 Å². The summed E-state index contributed by atoms with van der Waals surface area (Å²) in [5.74, 6) is 1.47. The number of halogens is 2. The van der Waals surface area contributed by atoms with Crippen LogP contribution in [0.4, 0.5) is 0 Å². The molecule has 0 aliphatic carbocycles. The quantitative estimate of drug-likeness (QED) is 0.864. The molecule has 4 heteroatoms. The van der Waals surface area contributed by atoms with Crippen LogP contribution in [-0.4, -0.2) is 6.04 Å². The summed E-state index contributed by atoms with van der Waals surface area (Å²) in [6.45, 7) is 4.01. The number of aryl methyl sites for hydroxylation is 1. The molecule has 0 aliphatic heterocycles. The van der Waals surface area contributed by atoms with Crippen LogP contribution in [0, 0.1) is 6.92 Å². The molecule has 1 unspecified atom stereocenters. The number of benzene rings is 2. The maximum absolute atomic E-state index is 5.98. The average Bonchev–Trinajstić information content (AvgIpc) is 2.36. The molecule has 0 amide bonds. The summed E-state index contributed by atoms with van der Waals surface area (Å²) in [6.07, 6.45) is 0.855. The molecule has 0 aliphatic rings. The summed E-state index contributed by atoms with van der Waals surface area (Å²) in [5, 5.41) is 0.999. The molecule has 0 radical (unpaired) electrons. The standard InChI is InChI=1S/C16H17Cl2NO/c1-10-7-12(8-11(2)19)3-6-16(10)20-13-4-5-14(17)15(18)9-13/h3-7,9,11H,8,19H2,1-2H3. The Morgan fingerprint density at radius 3 is 2.45 bits per heavy atom. The molecule has 0 heterocycles. The predicted molar refractivity (Wildman–Crippen MR) is 85.1 cm³/mol. The van der Waals surface area contributed by atoms with E-state index in [9.17, 15) is 0 Å². The van der Waals surface area contributed by atoms with Crippen LogP contribution in [0.1, 0.15) is 18.1 Å². The van der Waals surface area contributed by atoms with E-state index in [2.05, 4.69) is 6.07 Å². The SMILES string of the molecule is Cc1cc(CC(C)N)ccc1Oc1ccc(Cl)c(Cl)c1. The minimum Gasteiger partial charge on any atom is -0.457 e. The third-order valence-corrected chi connectivity index (χ3v) is 3.65. The summed E-state index contributed by atoms with van der Waals surface area (Å²) in [7, 11) is 0. The van der Waals surface area contributed by atoms with E-state index in [1.54, 1.807) is 18.2 Å². The number of rotatable bonds is 4. The monoisotopic (exact) mass is 309 g/mol. The number of ether oxygens (including phenoxy) is 1.